The van der Waals surface area contributed by atoms with Gasteiger partial charge in [0.15, 0.2) is 0 Å². The van der Waals surface area contributed by atoms with Crippen LogP contribution in [0.3, 0.4) is 0 Å². The fourth-order valence-corrected chi connectivity index (χ4v) is 6.60. The average Bonchev–Trinajstić information content (AvgIpc) is 3.20. The number of hydrogen-bond acceptors (Lipinski definition) is 12. The molecule has 5 N–H and O–H groups in total. The van der Waals surface area contributed by atoms with Crippen molar-refractivity contribution in [2.45, 2.75) is 157 Å². The number of rotatable bonds is 42. The zero-order valence-corrected chi connectivity index (χ0v) is 40.6. The molecule has 0 fully saturated rings. The molecule has 61 heavy (non-hydrogen) atoms. The standard InChI is InChI=1S/C47H92N4O10/c1-12-46(30-56-24-36(3)4,33-59-27-39(7)48)31-57-25-38(6)23-43(53)19-15-17-21-45(55)51-41(9)29-61-35-47(13-2,34-60-28-40(8)49-10)32-58-26-37(5)22-42(52)18-14-16-20-44(54)50-11/h36-41,49H,12-35,48H2,1-11H3,(H,50,54)(H,51,55). The molecule has 14 heteroatoms. The summed E-state index contributed by atoms with van der Waals surface area (Å²) in [5.74, 6) is 0.897. The van der Waals surface area contributed by atoms with E-state index in [1.165, 1.54) is 0 Å². The van der Waals surface area contributed by atoms with Crippen LogP contribution in [0.4, 0.5) is 0 Å². The van der Waals surface area contributed by atoms with E-state index in [0.717, 1.165) is 12.8 Å². The highest BCUT2D eigenvalue weighted by Gasteiger charge is 2.32. The number of carbonyl (C=O) groups excluding carboxylic acids is 4. The zero-order chi connectivity index (χ0) is 46.1. The van der Waals surface area contributed by atoms with Crippen molar-refractivity contribution < 1.29 is 47.6 Å². The van der Waals surface area contributed by atoms with Gasteiger partial charge in [0.05, 0.1) is 59.5 Å². The van der Waals surface area contributed by atoms with Gasteiger partial charge in [0, 0.05) is 94.3 Å². The van der Waals surface area contributed by atoms with E-state index in [1.54, 1.807) is 7.05 Å². The van der Waals surface area contributed by atoms with Gasteiger partial charge < -0.3 is 50.1 Å². The first-order chi connectivity index (χ1) is 28.9. The molecule has 0 aromatic carbocycles. The van der Waals surface area contributed by atoms with Gasteiger partial charge in [-0.3, -0.25) is 19.2 Å². The average molecular weight is 873 g/mol. The normalized spacial score (nSPS) is 16.3. The summed E-state index contributed by atoms with van der Waals surface area (Å²) < 4.78 is 36.6. The lowest BCUT2D eigenvalue weighted by Gasteiger charge is -2.33. The first-order valence-corrected chi connectivity index (χ1v) is 23.4. The molecular weight excluding hydrogens is 781 g/mol. The SMILES string of the molecule is CCC(COCC(C)C)(COCC(C)N)COCC(C)CC(=O)CCCCC(=O)NC(C)COCC(CC)(COCC(C)CC(=O)CCCCC(=O)NC)COCC(C)NC. The Morgan fingerprint density at radius 1 is 0.508 bits per heavy atom. The third kappa shape index (κ3) is 31.5. The molecule has 14 nitrogen and oxygen atoms in total. The molecule has 0 aliphatic carbocycles. The second-order valence-corrected chi connectivity index (χ2v) is 18.6. The summed E-state index contributed by atoms with van der Waals surface area (Å²) in [5.41, 5.74) is 5.24. The third-order valence-corrected chi connectivity index (χ3v) is 10.9. The van der Waals surface area contributed by atoms with Crippen LogP contribution < -0.4 is 21.7 Å². The molecule has 0 saturated carbocycles. The lowest BCUT2D eigenvalue weighted by molar-refractivity contribution is -0.124. The maximum Gasteiger partial charge on any atom is 0.220 e. The van der Waals surface area contributed by atoms with Crippen molar-refractivity contribution >= 4 is 23.4 Å². The van der Waals surface area contributed by atoms with E-state index in [-0.39, 0.29) is 58.8 Å². The van der Waals surface area contributed by atoms with Gasteiger partial charge in [0.25, 0.3) is 0 Å². The number of ketones is 2. The molecule has 0 heterocycles. The molecule has 0 spiro atoms. The molecule has 0 rings (SSSR count). The van der Waals surface area contributed by atoms with Crippen molar-refractivity contribution in [1.82, 2.24) is 16.0 Å². The van der Waals surface area contributed by atoms with Crippen LogP contribution in [0.1, 0.15) is 139 Å². The molecule has 7 unspecified atom stereocenters. The Bertz CT molecular complexity index is 1140. The van der Waals surface area contributed by atoms with Gasteiger partial charge in [-0.15, -0.1) is 0 Å². The number of carbonyl (C=O) groups is 4. The topological polar surface area (TPSA) is 186 Å². The number of nitrogens with one attached hydrogen (secondary N) is 3. The van der Waals surface area contributed by atoms with Gasteiger partial charge in [-0.1, -0.05) is 41.5 Å². The Morgan fingerprint density at radius 3 is 1.28 bits per heavy atom. The molecule has 0 aromatic heterocycles. The fourth-order valence-electron chi connectivity index (χ4n) is 6.60. The molecule has 0 aliphatic rings. The monoisotopic (exact) mass is 873 g/mol. The number of hydrogen-bond donors (Lipinski definition) is 4. The summed E-state index contributed by atoms with van der Waals surface area (Å²) in [6, 6.07) is -0.0339. The Balaban J connectivity index is 4.74. The van der Waals surface area contributed by atoms with Crippen LogP contribution in [0.25, 0.3) is 0 Å². The van der Waals surface area contributed by atoms with E-state index in [4.69, 9.17) is 34.2 Å². The van der Waals surface area contributed by atoms with Gasteiger partial charge in [-0.2, -0.15) is 0 Å². The highest BCUT2D eigenvalue weighted by atomic mass is 16.5. The Hall–Kier alpha value is -2.04. The quantitative estimate of drug-likeness (QED) is 0.0522. The van der Waals surface area contributed by atoms with Crippen molar-refractivity contribution in [1.29, 1.82) is 0 Å². The summed E-state index contributed by atoms with van der Waals surface area (Å²) >= 11 is 0. The second-order valence-electron chi connectivity index (χ2n) is 18.6. The van der Waals surface area contributed by atoms with Gasteiger partial charge >= 0.3 is 0 Å². The van der Waals surface area contributed by atoms with E-state index < -0.39 is 5.41 Å². The molecular formula is C47H92N4O10. The fraction of sp³-hybridized carbons (Fsp3) is 0.915. The maximum absolute atomic E-state index is 12.8. The predicted octanol–water partition coefficient (Wildman–Crippen LogP) is 6.05. The Kier molecular flexibility index (Phi) is 34.1. The summed E-state index contributed by atoms with van der Waals surface area (Å²) in [6.07, 6.45) is 6.89. The lowest BCUT2D eigenvalue weighted by Crippen LogP contribution is -2.41. The molecule has 0 bridgehead atoms. The third-order valence-electron chi connectivity index (χ3n) is 10.9. The largest absolute Gasteiger partial charge is 0.380 e. The van der Waals surface area contributed by atoms with Crippen LogP contribution >= 0.6 is 0 Å². The Labute approximate surface area is 371 Å². The summed E-state index contributed by atoms with van der Waals surface area (Å²) in [4.78, 5) is 49.5. The first kappa shape index (κ1) is 59.0. The maximum atomic E-state index is 12.8. The van der Waals surface area contributed by atoms with Crippen LogP contribution in [0.5, 0.6) is 0 Å². The minimum Gasteiger partial charge on any atom is -0.380 e. The van der Waals surface area contributed by atoms with Gasteiger partial charge in [-0.25, -0.2) is 0 Å². The van der Waals surface area contributed by atoms with E-state index in [9.17, 15) is 19.2 Å². The number of nitrogens with two attached hydrogens (primary N) is 1. The van der Waals surface area contributed by atoms with Gasteiger partial charge in [0.2, 0.25) is 11.8 Å². The predicted molar refractivity (Wildman–Crippen MR) is 244 cm³/mol. The van der Waals surface area contributed by atoms with Crippen molar-refractivity contribution in [3.63, 3.8) is 0 Å². The molecule has 0 aromatic rings. The second kappa shape index (κ2) is 35.3. The number of amides is 2. The van der Waals surface area contributed by atoms with Crippen molar-refractivity contribution in [3.8, 4) is 0 Å². The Morgan fingerprint density at radius 2 is 0.885 bits per heavy atom. The molecule has 2 amide bonds. The van der Waals surface area contributed by atoms with Gasteiger partial charge in [-0.05, 0) is 84.1 Å². The molecule has 360 valence electrons. The number of unbranched alkanes of at least 4 members (excludes halogenated alkanes) is 2. The summed E-state index contributed by atoms with van der Waals surface area (Å²) in [6.45, 7) is 24.2. The van der Waals surface area contributed by atoms with E-state index in [1.807, 2.05) is 34.7 Å². The molecule has 0 radical (unpaired) electrons. The van der Waals surface area contributed by atoms with Crippen molar-refractivity contribution in [2.75, 3.05) is 93.4 Å². The van der Waals surface area contributed by atoms with E-state index in [0.29, 0.717) is 149 Å². The lowest BCUT2D eigenvalue weighted by atomic mass is 9.87. The van der Waals surface area contributed by atoms with Crippen LogP contribution in [0.15, 0.2) is 0 Å². The molecule has 0 aliphatic heterocycles. The van der Waals surface area contributed by atoms with Crippen LogP contribution in [-0.4, -0.2) is 135 Å². The first-order valence-electron chi connectivity index (χ1n) is 23.4. The van der Waals surface area contributed by atoms with Gasteiger partial charge in [0.1, 0.15) is 11.6 Å². The zero-order valence-electron chi connectivity index (χ0n) is 40.6. The van der Waals surface area contributed by atoms with E-state index >= 15 is 0 Å². The smallest absolute Gasteiger partial charge is 0.220 e. The highest BCUT2D eigenvalue weighted by Crippen LogP contribution is 2.26. The number of ether oxygens (including phenoxy) is 6. The van der Waals surface area contributed by atoms with E-state index in [2.05, 4.69) is 50.6 Å². The van der Waals surface area contributed by atoms with Crippen LogP contribution in [-0.2, 0) is 47.6 Å². The highest BCUT2D eigenvalue weighted by molar-refractivity contribution is 5.79. The molecule has 7 atom stereocenters. The van der Waals surface area contributed by atoms with Crippen LogP contribution in [0, 0.1) is 28.6 Å². The van der Waals surface area contributed by atoms with Crippen LogP contribution in [0.2, 0.25) is 0 Å². The molecule has 0 saturated heterocycles. The number of Topliss-reactive ketones (excluding diaryl/α,β-unsaturated/α-hetero) is 2. The number of likely N-dealkylation sites (N-methyl/N-ethyl adjacent to an activating group) is 1. The minimum atomic E-state index is -0.391. The van der Waals surface area contributed by atoms with Crippen molar-refractivity contribution in [3.05, 3.63) is 0 Å². The minimum absolute atomic E-state index is 0.00280. The van der Waals surface area contributed by atoms with Crippen molar-refractivity contribution in [2.24, 2.45) is 34.3 Å². The summed E-state index contributed by atoms with van der Waals surface area (Å²) in [7, 11) is 3.52. The summed E-state index contributed by atoms with van der Waals surface area (Å²) in [5, 5.41) is 8.84.